The molecule has 0 bridgehead atoms. The molecule has 0 saturated carbocycles. The topological polar surface area (TPSA) is 67.9 Å². The smallest absolute Gasteiger partial charge is 0.219 e. The standard InChI is InChI=1S/C19H24N2O4S/c1-14(15-7-5-4-6-8-15)20-26(22,23)18-13-25-21(2)19(18)16-9-11-17(24-3)12-10-16/h4-12,14,18-20H,13H2,1-3H3/t14-,18-,19+/m0/s1. The van der Waals surface area contributed by atoms with Crippen LogP contribution in [-0.4, -0.2) is 39.5 Å². The van der Waals surface area contributed by atoms with Crippen molar-refractivity contribution in [1.82, 2.24) is 9.79 Å². The van der Waals surface area contributed by atoms with E-state index in [0.29, 0.717) is 0 Å². The Bertz CT molecular complexity index is 824. The predicted molar refractivity (Wildman–Crippen MR) is 100 cm³/mol. The molecule has 26 heavy (non-hydrogen) atoms. The van der Waals surface area contributed by atoms with Crippen LogP contribution in [0.1, 0.15) is 30.1 Å². The minimum atomic E-state index is -3.60. The summed E-state index contributed by atoms with van der Waals surface area (Å²) < 4.78 is 34.0. The minimum absolute atomic E-state index is 0.115. The molecule has 1 aliphatic heterocycles. The molecule has 1 aliphatic rings. The second-order valence-electron chi connectivity index (χ2n) is 6.39. The Morgan fingerprint density at radius 1 is 1.15 bits per heavy atom. The van der Waals surface area contributed by atoms with Crippen molar-refractivity contribution in [2.75, 3.05) is 20.8 Å². The van der Waals surface area contributed by atoms with Crippen LogP contribution in [0.4, 0.5) is 0 Å². The van der Waals surface area contributed by atoms with Crippen LogP contribution in [-0.2, 0) is 14.9 Å². The molecule has 3 rings (SSSR count). The summed E-state index contributed by atoms with van der Waals surface area (Å²) in [5, 5.41) is 0.908. The van der Waals surface area contributed by atoms with E-state index in [1.807, 2.05) is 61.5 Å². The average molecular weight is 376 g/mol. The van der Waals surface area contributed by atoms with Crippen LogP contribution in [0.2, 0.25) is 0 Å². The van der Waals surface area contributed by atoms with Crippen molar-refractivity contribution < 1.29 is 18.0 Å². The van der Waals surface area contributed by atoms with E-state index in [9.17, 15) is 8.42 Å². The van der Waals surface area contributed by atoms with Crippen LogP contribution >= 0.6 is 0 Å². The third-order valence-electron chi connectivity index (χ3n) is 4.68. The van der Waals surface area contributed by atoms with Crippen LogP contribution in [0, 0.1) is 0 Å². The Labute approximate surface area is 154 Å². The van der Waals surface area contributed by atoms with Crippen LogP contribution in [0.25, 0.3) is 0 Å². The molecule has 0 amide bonds. The Hall–Kier alpha value is -1.93. The highest BCUT2D eigenvalue weighted by atomic mass is 32.2. The third kappa shape index (κ3) is 3.91. The number of nitrogens with zero attached hydrogens (tertiary/aromatic N) is 1. The van der Waals surface area contributed by atoms with Crippen LogP contribution in [0.15, 0.2) is 54.6 Å². The van der Waals surface area contributed by atoms with Crippen LogP contribution < -0.4 is 9.46 Å². The highest BCUT2D eigenvalue weighted by Gasteiger charge is 2.43. The molecule has 0 aromatic heterocycles. The summed E-state index contributed by atoms with van der Waals surface area (Å²) in [5.41, 5.74) is 1.79. The Kier molecular flexibility index (Phi) is 5.62. The minimum Gasteiger partial charge on any atom is -0.497 e. The van der Waals surface area contributed by atoms with Crippen molar-refractivity contribution in [1.29, 1.82) is 0 Å². The van der Waals surface area contributed by atoms with E-state index < -0.39 is 15.3 Å². The summed E-state index contributed by atoms with van der Waals surface area (Å²) in [6.07, 6.45) is 0. The SMILES string of the molecule is COc1ccc([C@@H]2[C@@H](S(=O)(=O)N[C@@H](C)c3ccccc3)CON2C)cc1. The molecule has 6 nitrogen and oxygen atoms in total. The van der Waals surface area contributed by atoms with E-state index >= 15 is 0 Å². The zero-order valence-electron chi connectivity index (χ0n) is 15.1. The fraction of sp³-hybridized carbons (Fsp3) is 0.368. The van der Waals surface area contributed by atoms with Crippen molar-refractivity contribution >= 4 is 10.0 Å². The van der Waals surface area contributed by atoms with Crippen molar-refractivity contribution in [2.24, 2.45) is 0 Å². The van der Waals surface area contributed by atoms with Crippen LogP contribution in [0.3, 0.4) is 0 Å². The van der Waals surface area contributed by atoms with Gasteiger partial charge >= 0.3 is 0 Å². The maximum atomic E-state index is 13.0. The molecule has 2 aromatic carbocycles. The molecule has 2 aromatic rings. The second-order valence-corrected chi connectivity index (χ2v) is 8.32. The normalized spacial score (nSPS) is 22.3. The predicted octanol–water partition coefficient (Wildman–Crippen LogP) is 2.66. The average Bonchev–Trinajstić information content (AvgIpc) is 3.04. The Morgan fingerprint density at radius 2 is 1.81 bits per heavy atom. The molecular formula is C19H24N2O4S. The van der Waals surface area contributed by atoms with Crippen molar-refractivity contribution in [3.8, 4) is 5.75 Å². The summed E-state index contributed by atoms with van der Waals surface area (Å²) in [7, 11) is -0.247. The van der Waals surface area contributed by atoms with Gasteiger partial charge in [-0.1, -0.05) is 42.5 Å². The Morgan fingerprint density at radius 3 is 2.42 bits per heavy atom. The van der Waals surface area contributed by atoms with Gasteiger partial charge in [0.25, 0.3) is 0 Å². The highest BCUT2D eigenvalue weighted by Crippen LogP contribution is 2.34. The van der Waals surface area contributed by atoms with E-state index in [2.05, 4.69) is 4.72 Å². The lowest BCUT2D eigenvalue weighted by molar-refractivity contribution is -0.110. The van der Waals surface area contributed by atoms with Gasteiger partial charge in [0.1, 0.15) is 11.0 Å². The zero-order chi connectivity index (χ0) is 18.7. The fourth-order valence-electron chi connectivity index (χ4n) is 3.23. The zero-order valence-corrected chi connectivity index (χ0v) is 15.9. The maximum absolute atomic E-state index is 13.0. The van der Waals surface area contributed by atoms with Gasteiger partial charge in [-0.3, -0.25) is 4.84 Å². The lowest BCUT2D eigenvalue weighted by atomic mass is 10.0. The monoisotopic (exact) mass is 376 g/mol. The molecule has 0 unspecified atom stereocenters. The Balaban J connectivity index is 1.83. The molecule has 1 saturated heterocycles. The van der Waals surface area contributed by atoms with Gasteiger partial charge in [-0.15, -0.1) is 0 Å². The van der Waals surface area contributed by atoms with E-state index in [4.69, 9.17) is 9.57 Å². The van der Waals surface area contributed by atoms with Gasteiger partial charge in [0.2, 0.25) is 10.0 Å². The van der Waals surface area contributed by atoms with Gasteiger partial charge < -0.3 is 4.74 Å². The number of hydroxylamine groups is 2. The van der Waals surface area contributed by atoms with Gasteiger partial charge in [-0.25, -0.2) is 13.1 Å². The second kappa shape index (κ2) is 7.75. The summed E-state index contributed by atoms with van der Waals surface area (Å²) in [5.74, 6) is 0.727. The third-order valence-corrected chi connectivity index (χ3v) is 6.56. The molecule has 1 fully saturated rings. The molecule has 3 atom stereocenters. The maximum Gasteiger partial charge on any atom is 0.219 e. The van der Waals surface area contributed by atoms with Gasteiger partial charge in [0, 0.05) is 13.1 Å². The quantitative estimate of drug-likeness (QED) is 0.840. The molecule has 0 radical (unpaired) electrons. The number of benzene rings is 2. The van der Waals surface area contributed by atoms with Gasteiger partial charge in [-0.05, 0) is 30.2 Å². The molecule has 1 N–H and O–H groups in total. The van der Waals surface area contributed by atoms with E-state index in [-0.39, 0.29) is 18.7 Å². The number of methoxy groups -OCH3 is 1. The number of ether oxygens (including phenoxy) is 1. The number of nitrogens with one attached hydrogen (secondary N) is 1. The van der Waals surface area contributed by atoms with Crippen molar-refractivity contribution in [3.63, 3.8) is 0 Å². The van der Waals surface area contributed by atoms with Gasteiger partial charge in [-0.2, -0.15) is 5.06 Å². The lowest BCUT2D eigenvalue weighted by Gasteiger charge is -2.24. The van der Waals surface area contributed by atoms with Crippen molar-refractivity contribution in [2.45, 2.75) is 24.3 Å². The van der Waals surface area contributed by atoms with Crippen LogP contribution in [0.5, 0.6) is 5.75 Å². The number of hydrogen-bond donors (Lipinski definition) is 1. The number of rotatable bonds is 6. The first-order valence-corrected chi connectivity index (χ1v) is 10.0. The first kappa shape index (κ1) is 18.8. The first-order chi connectivity index (χ1) is 12.4. The molecule has 7 heteroatoms. The molecule has 1 heterocycles. The van der Waals surface area contributed by atoms with Gasteiger partial charge in [0.05, 0.1) is 19.8 Å². The summed E-state index contributed by atoms with van der Waals surface area (Å²) in [6, 6.07) is 16.2. The molecule has 0 spiro atoms. The largest absolute Gasteiger partial charge is 0.497 e. The van der Waals surface area contributed by atoms with E-state index in [1.165, 1.54) is 0 Å². The van der Waals surface area contributed by atoms with E-state index in [1.54, 1.807) is 19.2 Å². The van der Waals surface area contributed by atoms with Crippen molar-refractivity contribution in [3.05, 3.63) is 65.7 Å². The molecule has 0 aliphatic carbocycles. The molecule has 140 valence electrons. The van der Waals surface area contributed by atoms with Gasteiger partial charge in [0.15, 0.2) is 0 Å². The fourth-order valence-corrected chi connectivity index (χ4v) is 4.94. The molecular weight excluding hydrogens is 352 g/mol. The summed E-state index contributed by atoms with van der Waals surface area (Å²) >= 11 is 0. The summed E-state index contributed by atoms with van der Waals surface area (Å²) in [4.78, 5) is 5.55. The number of sulfonamides is 1. The van der Waals surface area contributed by atoms with E-state index in [0.717, 1.165) is 16.9 Å². The first-order valence-electron chi connectivity index (χ1n) is 8.48. The lowest BCUT2D eigenvalue weighted by Crippen LogP contribution is -2.40. The number of hydrogen-bond acceptors (Lipinski definition) is 5. The highest BCUT2D eigenvalue weighted by molar-refractivity contribution is 7.90. The summed E-state index contributed by atoms with van der Waals surface area (Å²) in [6.45, 7) is 1.96.